The molecule has 0 spiro atoms. The first-order valence-electron chi connectivity index (χ1n) is 8.00. The second-order valence-electron chi connectivity index (χ2n) is 6.19. The molecular formula is C17H19N3O4. The first kappa shape index (κ1) is 15.0. The molecule has 2 atom stereocenters. The third-order valence-corrected chi connectivity index (χ3v) is 4.10. The number of morpholine rings is 1. The number of carbonyl (C=O) groups excluding carboxylic acids is 1. The van der Waals surface area contributed by atoms with Crippen LogP contribution in [-0.4, -0.2) is 48.9 Å². The average Bonchev–Trinajstić information content (AvgIpc) is 3.13. The Balaban J connectivity index is 1.57. The smallest absolute Gasteiger partial charge is 0.276 e. The van der Waals surface area contributed by atoms with Crippen molar-refractivity contribution in [1.82, 2.24) is 10.2 Å². The highest BCUT2D eigenvalue weighted by Crippen LogP contribution is 2.33. The Kier molecular flexibility index (Phi) is 3.65. The first-order valence-corrected chi connectivity index (χ1v) is 8.00. The van der Waals surface area contributed by atoms with Gasteiger partial charge in [-0.1, -0.05) is 6.07 Å². The summed E-state index contributed by atoms with van der Waals surface area (Å²) in [5.74, 6) is 1.79. The molecule has 1 amide bonds. The number of hydrogen-bond acceptors (Lipinski definition) is 6. The highest BCUT2D eigenvalue weighted by molar-refractivity contribution is 6.13. The summed E-state index contributed by atoms with van der Waals surface area (Å²) in [5.41, 5.74) is 1.23. The van der Waals surface area contributed by atoms with Gasteiger partial charge in [0, 0.05) is 13.1 Å². The standard InChI is InChI=1S/C17H19N3O4/c1-10-7-20(8-11(2)24-10)17-18-13(16(21)19-17)5-12-3-4-14-15(6-12)23-9-22-14/h3-6,10-11H,7-9H2,1-2H3,(H,18,19,21)/b13-5+/t10-,11+. The van der Waals surface area contributed by atoms with Crippen LogP contribution in [-0.2, 0) is 9.53 Å². The third-order valence-electron chi connectivity index (χ3n) is 4.10. The van der Waals surface area contributed by atoms with Crippen molar-refractivity contribution in [1.29, 1.82) is 0 Å². The van der Waals surface area contributed by atoms with Crippen molar-refractivity contribution < 1.29 is 19.0 Å². The van der Waals surface area contributed by atoms with Crippen molar-refractivity contribution in [3.05, 3.63) is 29.5 Å². The number of nitrogens with one attached hydrogen (secondary N) is 1. The second kappa shape index (κ2) is 5.83. The number of amides is 1. The zero-order chi connectivity index (χ0) is 16.7. The fourth-order valence-corrected chi connectivity index (χ4v) is 3.12. The van der Waals surface area contributed by atoms with Crippen LogP contribution >= 0.6 is 0 Å². The average molecular weight is 329 g/mol. The molecule has 3 heterocycles. The molecule has 1 aromatic rings. The van der Waals surface area contributed by atoms with E-state index in [4.69, 9.17) is 14.2 Å². The molecule has 0 aromatic heterocycles. The summed E-state index contributed by atoms with van der Waals surface area (Å²) in [4.78, 5) is 18.7. The van der Waals surface area contributed by atoms with Crippen LogP contribution in [0.15, 0.2) is 28.9 Å². The van der Waals surface area contributed by atoms with Crippen LogP contribution in [0.1, 0.15) is 19.4 Å². The quantitative estimate of drug-likeness (QED) is 0.788. The van der Waals surface area contributed by atoms with Crippen LogP contribution in [0.4, 0.5) is 0 Å². The molecule has 0 saturated carbocycles. The highest BCUT2D eigenvalue weighted by atomic mass is 16.7. The molecule has 1 fully saturated rings. The Morgan fingerprint density at radius 3 is 2.75 bits per heavy atom. The predicted octanol–water partition coefficient (Wildman–Crippen LogP) is 1.35. The van der Waals surface area contributed by atoms with Gasteiger partial charge in [-0.25, -0.2) is 4.99 Å². The van der Waals surface area contributed by atoms with Gasteiger partial charge in [0.15, 0.2) is 11.5 Å². The van der Waals surface area contributed by atoms with Crippen molar-refractivity contribution in [2.24, 2.45) is 4.99 Å². The van der Waals surface area contributed by atoms with Crippen molar-refractivity contribution in [2.75, 3.05) is 19.9 Å². The Bertz CT molecular complexity index is 733. The molecule has 1 saturated heterocycles. The van der Waals surface area contributed by atoms with Gasteiger partial charge in [0.1, 0.15) is 5.70 Å². The van der Waals surface area contributed by atoms with Crippen LogP contribution in [0.5, 0.6) is 11.5 Å². The molecule has 126 valence electrons. The first-order chi connectivity index (χ1) is 11.6. The van der Waals surface area contributed by atoms with E-state index >= 15 is 0 Å². The maximum Gasteiger partial charge on any atom is 0.276 e. The van der Waals surface area contributed by atoms with Crippen molar-refractivity contribution in [3.8, 4) is 11.5 Å². The van der Waals surface area contributed by atoms with Gasteiger partial charge in [0.05, 0.1) is 12.2 Å². The number of nitrogens with zero attached hydrogens (tertiary/aromatic N) is 2. The topological polar surface area (TPSA) is 72.4 Å². The molecule has 0 unspecified atom stereocenters. The zero-order valence-corrected chi connectivity index (χ0v) is 13.6. The normalized spacial score (nSPS) is 27.4. The van der Waals surface area contributed by atoms with E-state index in [0.29, 0.717) is 36.2 Å². The van der Waals surface area contributed by atoms with Gasteiger partial charge in [0.25, 0.3) is 5.91 Å². The SMILES string of the molecule is C[C@@H]1CN(C2=N/C(=C/c3ccc4c(c3)OCO4)C(=O)N2)C[C@H](C)O1. The van der Waals surface area contributed by atoms with Gasteiger partial charge < -0.3 is 19.1 Å². The van der Waals surface area contributed by atoms with E-state index in [1.165, 1.54) is 0 Å². The van der Waals surface area contributed by atoms with E-state index in [1.807, 2.05) is 32.0 Å². The molecule has 0 aliphatic carbocycles. The second-order valence-corrected chi connectivity index (χ2v) is 6.19. The summed E-state index contributed by atoms with van der Waals surface area (Å²) >= 11 is 0. The van der Waals surface area contributed by atoms with Gasteiger partial charge in [-0.3, -0.25) is 10.1 Å². The van der Waals surface area contributed by atoms with E-state index < -0.39 is 0 Å². The van der Waals surface area contributed by atoms with Crippen molar-refractivity contribution in [3.63, 3.8) is 0 Å². The number of guanidine groups is 1. The lowest BCUT2D eigenvalue weighted by Gasteiger charge is -2.35. The summed E-state index contributed by atoms with van der Waals surface area (Å²) < 4.78 is 16.4. The van der Waals surface area contributed by atoms with E-state index in [9.17, 15) is 4.79 Å². The largest absolute Gasteiger partial charge is 0.454 e. The summed E-state index contributed by atoms with van der Waals surface area (Å²) in [6.07, 6.45) is 1.96. The molecule has 1 aromatic carbocycles. The molecule has 7 nitrogen and oxygen atoms in total. The Labute approximate surface area is 139 Å². The minimum atomic E-state index is -0.200. The van der Waals surface area contributed by atoms with Crippen LogP contribution in [0, 0.1) is 0 Å². The fourth-order valence-electron chi connectivity index (χ4n) is 3.12. The third kappa shape index (κ3) is 2.82. The number of ether oxygens (including phenoxy) is 3. The van der Waals surface area contributed by atoms with Gasteiger partial charge in [-0.2, -0.15) is 0 Å². The number of fused-ring (bicyclic) bond motifs is 1. The van der Waals surface area contributed by atoms with Crippen molar-refractivity contribution >= 4 is 17.9 Å². The number of aliphatic imine (C=N–C) groups is 1. The zero-order valence-electron chi connectivity index (χ0n) is 13.6. The number of rotatable bonds is 1. The van der Waals surface area contributed by atoms with E-state index in [0.717, 1.165) is 5.56 Å². The van der Waals surface area contributed by atoms with Crippen LogP contribution in [0.3, 0.4) is 0 Å². The predicted molar refractivity (Wildman–Crippen MR) is 87.7 cm³/mol. The maximum absolute atomic E-state index is 12.2. The van der Waals surface area contributed by atoms with Crippen LogP contribution in [0.25, 0.3) is 6.08 Å². The molecule has 0 bridgehead atoms. The minimum Gasteiger partial charge on any atom is -0.454 e. The van der Waals surface area contributed by atoms with Gasteiger partial charge in [-0.05, 0) is 37.6 Å². The van der Waals surface area contributed by atoms with E-state index in [-0.39, 0.29) is 24.9 Å². The molecule has 3 aliphatic heterocycles. The fraction of sp³-hybridized carbons (Fsp3) is 0.412. The molecule has 0 radical (unpaired) electrons. The molecule has 4 rings (SSSR count). The highest BCUT2D eigenvalue weighted by Gasteiger charge is 2.30. The summed E-state index contributed by atoms with van der Waals surface area (Å²) in [7, 11) is 0. The van der Waals surface area contributed by atoms with E-state index in [1.54, 1.807) is 6.08 Å². The summed E-state index contributed by atoms with van der Waals surface area (Å²) in [6.45, 7) is 5.68. The van der Waals surface area contributed by atoms with Crippen LogP contribution in [0.2, 0.25) is 0 Å². The lowest BCUT2D eigenvalue weighted by atomic mass is 10.1. The van der Waals surface area contributed by atoms with Crippen molar-refractivity contribution in [2.45, 2.75) is 26.1 Å². The lowest BCUT2D eigenvalue weighted by molar-refractivity contribution is -0.115. The number of benzene rings is 1. The maximum atomic E-state index is 12.2. The lowest BCUT2D eigenvalue weighted by Crippen LogP contribution is -2.51. The van der Waals surface area contributed by atoms with Gasteiger partial charge in [-0.15, -0.1) is 0 Å². The van der Waals surface area contributed by atoms with Crippen LogP contribution < -0.4 is 14.8 Å². The monoisotopic (exact) mass is 329 g/mol. The van der Waals surface area contributed by atoms with Gasteiger partial charge >= 0.3 is 0 Å². The minimum absolute atomic E-state index is 0.107. The Morgan fingerprint density at radius 2 is 1.96 bits per heavy atom. The molecule has 24 heavy (non-hydrogen) atoms. The summed E-state index contributed by atoms with van der Waals surface area (Å²) in [6, 6.07) is 5.55. The Morgan fingerprint density at radius 1 is 1.21 bits per heavy atom. The Hall–Kier alpha value is -2.54. The number of hydrogen-bond donors (Lipinski definition) is 1. The molecular weight excluding hydrogens is 310 g/mol. The summed E-state index contributed by atoms with van der Waals surface area (Å²) in [5, 5.41) is 2.84. The molecule has 7 heteroatoms. The number of carbonyl (C=O) groups is 1. The molecule has 3 aliphatic rings. The van der Waals surface area contributed by atoms with E-state index in [2.05, 4.69) is 15.2 Å². The molecule has 1 N–H and O–H groups in total. The van der Waals surface area contributed by atoms with Gasteiger partial charge in [0.2, 0.25) is 12.8 Å².